The molecule has 1 heterocycles. The first-order valence-electron chi connectivity index (χ1n) is 8.18. The Morgan fingerprint density at radius 1 is 1.25 bits per heavy atom. The molecule has 1 aliphatic rings. The molecule has 1 aromatic carbocycles. The third-order valence-electron chi connectivity index (χ3n) is 4.47. The molecule has 24 heavy (non-hydrogen) atoms. The maximum Gasteiger partial charge on any atom is 0.323 e. The summed E-state index contributed by atoms with van der Waals surface area (Å²) in [6, 6.07) is 9.34. The number of aliphatic carboxylic acids is 1. The van der Waals surface area contributed by atoms with Crippen molar-refractivity contribution in [3.05, 3.63) is 35.9 Å². The minimum absolute atomic E-state index is 0.0660. The lowest BCUT2D eigenvalue weighted by Crippen LogP contribution is -2.44. The van der Waals surface area contributed by atoms with Crippen LogP contribution in [0.4, 0.5) is 0 Å². The number of amides is 2. The third kappa shape index (κ3) is 3.93. The quantitative estimate of drug-likeness (QED) is 0.863. The summed E-state index contributed by atoms with van der Waals surface area (Å²) in [6.45, 7) is 5.49. The maximum absolute atomic E-state index is 12.7. The maximum atomic E-state index is 12.7. The Kier molecular flexibility index (Phi) is 5.59. The Hall–Kier alpha value is -2.37. The number of carbonyl (C=O) groups excluding carboxylic acids is 2. The SMILES string of the molecule is CC(C)N(CC(=O)O)C(=O)C1CC(=O)N(C(C)c2ccccc2)C1. The van der Waals surface area contributed by atoms with Gasteiger partial charge in [0.15, 0.2) is 0 Å². The van der Waals surface area contributed by atoms with Crippen molar-refractivity contribution in [1.29, 1.82) is 0 Å². The summed E-state index contributed by atoms with van der Waals surface area (Å²) in [4.78, 5) is 39.0. The van der Waals surface area contributed by atoms with E-state index in [1.807, 2.05) is 37.3 Å². The van der Waals surface area contributed by atoms with Gasteiger partial charge in [0.25, 0.3) is 0 Å². The second-order valence-corrected chi connectivity index (χ2v) is 6.49. The topological polar surface area (TPSA) is 77.9 Å². The van der Waals surface area contributed by atoms with E-state index in [2.05, 4.69) is 0 Å². The predicted octanol–water partition coefficient (Wildman–Crippen LogP) is 1.92. The highest BCUT2D eigenvalue weighted by molar-refractivity contribution is 5.91. The van der Waals surface area contributed by atoms with Crippen molar-refractivity contribution >= 4 is 17.8 Å². The number of carboxylic acid groups (broad SMARTS) is 1. The average Bonchev–Trinajstić information content (AvgIpc) is 2.93. The van der Waals surface area contributed by atoms with Crippen molar-refractivity contribution in [2.45, 2.75) is 39.3 Å². The normalized spacial score (nSPS) is 18.8. The van der Waals surface area contributed by atoms with Crippen molar-refractivity contribution in [2.24, 2.45) is 5.92 Å². The number of carboxylic acids is 1. The van der Waals surface area contributed by atoms with E-state index in [0.29, 0.717) is 6.54 Å². The van der Waals surface area contributed by atoms with Crippen LogP contribution in [0, 0.1) is 5.92 Å². The molecule has 1 N–H and O–H groups in total. The van der Waals surface area contributed by atoms with Crippen molar-refractivity contribution in [3.63, 3.8) is 0 Å². The number of nitrogens with zero attached hydrogens (tertiary/aromatic N) is 2. The van der Waals surface area contributed by atoms with Gasteiger partial charge >= 0.3 is 5.97 Å². The second-order valence-electron chi connectivity index (χ2n) is 6.49. The van der Waals surface area contributed by atoms with Crippen molar-refractivity contribution in [1.82, 2.24) is 9.80 Å². The molecule has 2 rings (SSSR count). The standard InChI is InChI=1S/C18H24N2O4/c1-12(2)19(11-17(22)23)18(24)15-9-16(21)20(10-15)13(3)14-7-5-4-6-8-14/h4-8,12-13,15H,9-11H2,1-3H3,(H,22,23). The van der Waals surface area contributed by atoms with E-state index >= 15 is 0 Å². The lowest BCUT2D eigenvalue weighted by Gasteiger charge is -2.28. The van der Waals surface area contributed by atoms with Crippen LogP contribution in [0.3, 0.4) is 0 Å². The van der Waals surface area contributed by atoms with Crippen LogP contribution in [-0.4, -0.2) is 51.8 Å². The van der Waals surface area contributed by atoms with Gasteiger partial charge in [-0.2, -0.15) is 0 Å². The summed E-state index contributed by atoms with van der Waals surface area (Å²) in [5, 5.41) is 8.99. The molecular formula is C18H24N2O4. The molecule has 0 spiro atoms. The molecule has 0 radical (unpaired) electrons. The minimum atomic E-state index is -1.05. The molecule has 2 amide bonds. The summed E-state index contributed by atoms with van der Waals surface area (Å²) in [5.74, 6) is -1.85. The summed E-state index contributed by atoms with van der Waals surface area (Å²) < 4.78 is 0. The smallest absolute Gasteiger partial charge is 0.323 e. The van der Waals surface area contributed by atoms with E-state index < -0.39 is 11.9 Å². The van der Waals surface area contributed by atoms with Crippen molar-refractivity contribution < 1.29 is 19.5 Å². The largest absolute Gasteiger partial charge is 0.480 e. The lowest BCUT2D eigenvalue weighted by molar-refractivity contribution is -0.147. The van der Waals surface area contributed by atoms with Gasteiger partial charge < -0.3 is 14.9 Å². The fourth-order valence-corrected chi connectivity index (χ4v) is 3.08. The molecule has 2 atom stereocenters. The van der Waals surface area contributed by atoms with Crippen LogP contribution in [0.15, 0.2) is 30.3 Å². The Balaban J connectivity index is 2.10. The molecule has 0 bridgehead atoms. The first kappa shape index (κ1) is 18.0. The van der Waals surface area contributed by atoms with Gasteiger partial charge in [-0.05, 0) is 26.3 Å². The van der Waals surface area contributed by atoms with Gasteiger partial charge in [-0.1, -0.05) is 30.3 Å². The number of rotatable bonds is 6. The molecule has 130 valence electrons. The van der Waals surface area contributed by atoms with Crippen molar-refractivity contribution in [3.8, 4) is 0 Å². The summed E-state index contributed by atoms with van der Waals surface area (Å²) in [5.41, 5.74) is 1.02. The number of benzene rings is 1. The van der Waals surface area contributed by atoms with Gasteiger partial charge in [-0.25, -0.2) is 0 Å². The Morgan fingerprint density at radius 2 is 1.88 bits per heavy atom. The van der Waals surface area contributed by atoms with Crippen LogP contribution in [0.2, 0.25) is 0 Å². The zero-order valence-electron chi connectivity index (χ0n) is 14.3. The molecule has 6 heteroatoms. The van der Waals surface area contributed by atoms with E-state index in [0.717, 1.165) is 5.56 Å². The summed E-state index contributed by atoms with van der Waals surface area (Å²) in [6.07, 6.45) is 0.138. The van der Waals surface area contributed by atoms with Crippen LogP contribution < -0.4 is 0 Å². The fraction of sp³-hybridized carbons (Fsp3) is 0.500. The highest BCUT2D eigenvalue weighted by Crippen LogP contribution is 2.29. The second kappa shape index (κ2) is 7.47. The zero-order chi connectivity index (χ0) is 17.9. The van der Waals surface area contributed by atoms with Gasteiger partial charge in [-0.3, -0.25) is 14.4 Å². The van der Waals surface area contributed by atoms with E-state index in [1.54, 1.807) is 18.7 Å². The summed E-state index contributed by atoms with van der Waals surface area (Å²) in [7, 11) is 0. The molecule has 1 aromatic rings. The molecule has 1 aliphatic heterocycles. The van der Waals surface area contributed by atoms with Crippen LogP contribution in [0.5, 0.6) is 0 Å². The van der Waals surface area contributed by atoms with E-state index in [-0.39, 0.29) is 36.9 Å². The molecule has 0 aromatic heterocycles. The molecule has 2 unspecified atom stereocenters. The van der Waals surface area contributed by atoms with E-state index in [9.17, 15) is 14.4 Å². The minimum Gasteiger partial charge on any atom is -0.480 e. The lowest BCUT2D eigenvalue weighted by atomic mass is 10.1. The molecule has 0 aliphatic carbocycles. The van der Waals surface area contributed by atoms with Crippen LogP contribution in [-0.2, 0) is 14.4 Å². The van der Waals surface area contributed by atoms with Gasteiger partial charge in [-0.15, -0.1) is 0 Å². The van der Waals surface area contributed by atoms with Gasteiger partial charge in [0.2, 0.25) is 11.8 Å². The summed E-state index contributed by atoms with van der Waals surface area (Å²) >= 11 is 0. The Labute approximate surface area is 142 Å². The highest BCUT2D eigenvalue weighted by Gasteiger charge is 2.39. The van der Waals surface area contributed by atoms with E-state index in [4.69, 9.17) is 5.11 Å². The van der Waals surface area contributed by atoms with Crippen molar-refractivity contribution in [2.75, 3.05) is 13.1 Å². The van der Waals surface area contributed by atoms with Crippen LogP contribution in [0.1, 0.15) is 38.8 Å². The highest BCUT2D eigenvalue weighted by atomic mass is 16.4. The number of hydrogen-bond donors (Lipinski definition) is 1. The predicted molar refractivity (Wildman–Crippen MR) is 89.2 cm³/mol. The molecule has 1 fully saturated rings. The number of carbonyl (C=O) groups is 3. The molecular weight excluding hydrogens is 308 g/mol. The van der Waals surface area contributed by atoms with Crippen LogP contribution in [0.25, 0.3) is 0 Å². The average molecular weight is 332 g/mol. The molecule has 1 saturated heterocycles. The number of hydrogen-bond acceptors (Lipinski definition) is 3. The first-order chi connectivity index (χ1) is 11.3. The Bertz CT molecular complexity index is 615. The van der Waals surface area contributed by atoms with Gasteiger partial charge in [0.1, 0.15) is 6.54 Å². The molecule has 0 saturated carbocycles. The first-order valence-corrected chi connectivity index (χ1v) is 8.18. The number of likely N-dealkylation sites (tertiary alicyclic amines) is 1. The molecule has 6 nitrogen and oxygen atoms in total. The van der Waals surface area contributed by atoms with Gasteiger partial charge in [0.05, 0.1) is 12.0 Å². The third-order valence-corrected chi connectivity index (χ3v) is 4.47. The fourth-order valence-electron chi connectivity index (χ4n) is 3.08. The van der Waals surface area contributed by atoms with E-state index in [1.165, 1.54) is 4.90 Å². The monoisotopic (exact) mass is 332 g/mol. The Morgan fingerprint density at radius 3 is 2.42 bits per heavy atom. The van der Waals surface area contributed by atoms with Gasteiger partial charge in [0, 0.05) is 19.0 Å². The van der Waals surface area contributed by atoms with Crippen LogP contribution >= 0.6 is 0 Å². The zero-order valence-corrected chi connectivity index (χ0v) is 14.3.